The Morgan fingerprint density at radius 3 is 2.65 bits per heavy atom. The van der Waals surface area contributed by atoms with Crippen LogP contribution in [-0.4, -0.2) is 13.4 Å². The zero-order valence-corrected chi connectivity index (χ0v) is 12.0. The average Bonchev–Trinajstić information content (AvgIpc) is 2.34. The number of aromatic nitrogens is 1. The van der Waals surface area contributed by atoms with Crippen molar-refractivity contribution in [2.75, 3.05) is 10.5 Å². The predicted octanol–water partition coefficient (Wildman–Crippen LogP) is 2.57. The fourth-order valence-corrected chi connectivity index (χ4v) is 2.86. The molecule has 0 saturated heterocycles. The Morgan fingerprint density at radius 1 is 1.35 bits per heavy atom. The van der Waals surface area contributed by atoms with Gasteiger partial charge >= 0.3 is 0 Å². The Balaban J connectivity index is 2.41. The number of hydrogen-bond donors (Lipinski definition) is 2. The molecule has 5 nitrogen and oxygen atoms in total. The molecule has 0 aliphatic rings. The van der Waals surface area contributed by atoms with Crippen molar-refractivity contribution in [1.29, 1.82) is 0 Å². The van der Waals surface area contributed by atoms with E-state index in [9.17, 15) is 12.8 Å². The number of halogens is 2. The van der Waals surface area contributed by atoms with Gasteiger partial charge in [-0.15, -0.1) is 0 Å². The molecular weight excluding hydrogens is 305 g/mol. The van der Waals surface area contributed by atoms with Gasteiger partial charge in [0.2, 0.25) is 0 Å². The van der Waals surface area contributed by atoms with E-state index in [2.05, 4.69) is 9.71 Å². The van der Waals surface area contributed by atoms with Gasteiger partial charge in [-0.05, 0) is 36.8 Å². The minimum atomic E-state index is -3.91. The lowest BCUT2D eigenvalue weighted by molar-refractivity contribution is 0.599. The van der Waals surface area contributed by atoms with Crippen molar-refractivity contribution in [2.24, 2.45) is 0 Å². The van der Waals surface area contributed by atoms with Crippen molar-refractivity contribution >= 4 is 33.1 Å². The normalized spacial score (nSPS) is 11.3. The van der Waals surface area contributed by atoms with Gasteiger partial charge in [0.25, 0.3) is 10.0 Å². The summed E-state index contributed by atoms with van der Waals surface area (Å²) >= 11 is 5.68. The van der Waals surface area contributed by atoms with Gasteiger partial charge in [0.05, 0.1) is 10.6 Å². The quantitative estimate of drug-likeness (QED) is 0.673. The zero-order chi connectivity index (χ0) is 14.9. The number of rotatable bonds is 3. The fourth-order valence-electron chi connectivity index (χ4n) is 1.58. The molecule has 0 saturated carbocycles. The molecule has 1 aromatic heterocycles. The molecule has 1 aromatic carbocycles. The summed E-state index contributed by atoms with van der Waals surface area (Å²) < 4.78 is 40.0. The highest BCUT2D eigenvalue weighted by Gasteiger charge is 2.18. The van der Waals surface area contributed by atoms with E-state index in [1.807, 2.05) is 0 Å². The van der Waals surface area contributed by atoms with Crippen molar-refractivity contribution in [3.05, 3.63) is 46.9 Å². The Bertz CT molecular complexity index is 742. The second-order valence-electron chi connectivity index (χ2n) is 4.09. The maximum absolute atomic E-state index is 13.4. The second-order valence-corrected chi connectivity index (χ2v) is 6.16. The van der Waals surface area contributed by atoms with Gasteiger partial charge in [0.15, 0.2) is 0 Å². The monoisotopic (exact) mass is 315 g/mol. The van der Waals surface area contributed by atoms with Crippen LogP contribution in [0.2, 0.25) is 5.15 Å². The first-order chi connectivity index (χ1) is 9.29. The van der Waals surface area contributed by atoms with Crippen LogP contribution in [-0.2, 0) is 10.0 Å². The topological polar surface area (TPSA) is 85.1 Å². The lowest BCUT2D eigenvalue weighted by Gasteiger charge is -2.10. The van der Waals surface area contributed by atoms with Crippen LogP contribution >= 0.6 is 11.6 Å². The summed E-state index contributed by atoms with van der Waals surface area (Å²) in [6, 6.07) is 6.76. The second kappa shape index (κ2) is 5.26. The molecule has 0 aliphatic heterocycles. The van der Waals surface area contributed by atoms with Crippen molar-refractivity contribution in [2.45, 2.75) is 11.8 Å². The number of anilines is 2. The molecule has 0 radical (unpaired) electrons. The summed E-state index contributed by atoms with van der Waals surface area (Å²) in [5, 5.41) is 0.153. The van der Waals surface area contributed by atoms with Gasteiger partial charge in [-0.2, -0.15) is 0 Å². The van der Waals surface area contributed by atoms with Gasteiger partial charge < -0.3 is 5.73 Å². The van der Waals surface area contributed by atoms with Crippen LogP contribution in [0.3, 0.4) is 0 Å². The molecule has 106 valence electrons. The maximum Gasteiger partial charge on any atom is 0.263 e. The molecule has 0 spiro atoms. The summed E-state index contributed by atoms with van der Waals surface area (Å²) in [5.74, 6) is -0.567. The molecule has 2 rings (SSSR count). The number of nitrogens with two attached hydrogens (primary N) is 1. The Kier molecular flexibility index (Phi) is 3.82. The smallest absolute Gasteiger partial charge is 0.263 e. The number of sulfonamides is 1. The number of hydrogen-bond acceptors (Lipinski definition) is 4. The van der Waals surface area contributed by atoms with E-state index in [1.54, 1.807) is 6.07 Å². The summed E-state index contributed by atoms with van der Waals surface area (Å²) in [5.41, 5.74) is 5.34. The summed E-state index contributed by atoms with van der Waals surface area (Å²) in [7, 11) is -3.91. The Labute approximate surface area is 120 Å². The van der Waals surface area contributed by atoms with Crippen LogP contribution in [0.25, 0.3) is 0 Å². The SMILES string of the molecule is Cc1cc(S(=O)(=O)Nc2cccc(Cl)n2)cc(N)c1F. The Hall–Kier alpha value is -1.86. The van der Waals surface area contributed by atoms with Crippen LogP contribution < -0.4 is 10.5 Å². The molecular formula is C12H11ClFN3O2S. The summed E-state index contributed by atoms with van der Waals surface area (Å²) in [6.07, 6.45) is 0. The molecule has 8 heteroatoms. The molecule has 20 heavy (non-hydrogen) atoms. The van der Waals surface area contributed by atoms with Crippen LogP contribution in [0.1, 0.15) is 5.56 Å². The van der Waals surface area contributed by atoms with Gasteiger partial charge in [0, 0.05) is 0 Å². The molecule has 0 bridgehead atoms. The Morgan fingerprint density at radius 2 is 2.05 bits per heavy atom. The molecule has 1 heterocycles. The molecule has 0 aliphatic carbocycles. The van der Waals surface area contributed by atoms with Gasteiger partial charge in [0.1, 0.15) is 16.8 Å². The lowest BCUT2D eigenvalue weighted by Crippen LogP contribution is -2.15. The number of benzene rings is 1. The van der Waals surface area contributed by atoms with E-state index in [1.165, 1.54) is 25.1 Å². The van der Waals surface area contributed by atoms with Crippen LogP contribution in [0.15, 0.2) is 35.2 Å². The largest absolute Gasteiger partial charge is 0.396 e. The third-order valence-corrected chi connectivity index (χ3v) is 4.07. The van der Waals surface area contributed by atoms with Crippen LogP contribution in [0.5, 0.6) is 0 Å². The van der Waals surface area contributed by atoms with Crippen LogP contribution in [0, 0.1) is 12.7 Å². The molecule has 3 N–H and O–H groups in total. The van der Waals surface area contributed by atoms with Crippen molar-refractivity contribution in [1.82, 2.24) is 4.98 Å². The number of aryl methyl sites for hydroxylation is 1. The predicted molar refractivity (Wildman–Crippen MR) is 75.6 cm³/mol. The fraction of sp³-hybridized carbons (Fsp3) is 0.0833. The van der Waals surface area contributed by atoms with E-state index >= 15 is 0 Å². The summed E-state index contributed by atoms with van der Waals surface area (Å²) in [4.78, 5) is 3.67. The third kappa shape index (κ3) is 3.00. The highest BCUT2D eigenvalue weighted by Crippen LogP contribution is 2.22. The number of nitrogen functional groups attached to an aromatic ring is 1. The van der Waals surface area contributed by atoms with E-state index in [-0.39, 0.29) is 27.1 Å². The van der Waals surface area contributed by atoms with Crippen molar-refractivity contribution < 1.29 is 12.8 Å². The first kappa shape index (κ1) is 14.5. The number of nitrogens with zero attached hydrogens (tertiary/aromatic N) is 1. The highest BCUT2D eigenvalue weighted by molar-refractivity contribution is 7.92. The maximum atomic E-state index is 13.4. The van der Waals surface area contributed by atoms with E-state index in [4.69, 9.17) is 17.3 Å². The molecule has 2 aromatic rings. The average molecular weight is 316 g/mol. The number of nitrogens with one attached hydrogen (secondary N) is 1. The summed E-state index contributed by atoms with van der Waals surface area (Å²) in [6.45, 7) is 1.43. The van der Waals surface area contributed by atoms with E-state index in [0.29, 0.717) is 0 Å². The zero-order valence-electron chi connectivity index (χ0n) is 10.4. The highest BCUT2D eigenvalue weighted by atomic mass is 35.5. The van der Waals surface area contributed by atoms with E-state index in [0.717, 1.165) is 6.07 Å². The van der Waals surface area contributed by atoms with Gasteiger partial charge in [-0.3, -0.25) is 4.72 Å². The molecule has 0 unspecified atom stereocenters. The van der Waals surface area contributed by atoms with Crippen LogP contribution in [0.4, 0.5) is 15.9 Å². The lowest BCUT2D eigenvalue weighted by atomic mass is 10.2. The standard InChI is InChI=1S/C12H11ClFN3O2S/c1-7-5-8(6-9(15)12(7)14)20(18,19)17-11-4-2-3-10(13)16-11/h2-6H,15H2,1H3,(H,16,17). The molecule has 0 atom stereocenters. The third-order valence-electron chi connectivity index (χ3n) is 2.52. The molecule has 0 amide bonds. The minimum Gasteiger partial charge on any atom is -0.396 e. The first-order valence-electron chi connectivity index (χ1n) is 5.50. The number of pyridine rings is 1. The first-order valence-corrected chi connectivity index (χ1v) is 7.37. The van der Waals surface area contributed by atoms with Crippen molar-refractivity contribution in [3.63, 3.8) is 0 Å². The van der Waals surface area contributed by atoms with Crippen molar-refractivity contribution in [3.8, 4) is 0 Å². The molecule has 0 fully saturated rings. The van der Waals surface area contributed by atoms with E-state index < -0.39 is 15.8 Å². The minimum absolute atomic E-state index is 0.0676. The van der Waals surface area contributed by atoms with Gasteiger partial charge in [-0.25, -0.2) is 17.8 Å². The van der Waals surface area contributed by atoms with Gasteiger partial charge in [-0.1, -0.05) is 17.7 Å².